The summed E-state index contributed by atoms with van der Waals surface area (Å²) < 4.78 is 30.4. The summed E-state index contributed by atoms with van der Waals surface area (Å²) in [6, 6.07) is 6.71. The number of ether oxygens (including phenoxy) is 1. The molecule has 1 aromatic carbocycles. The van der Waals surface area contributed by atoms with Crippen LogP contribution in [0.3, 0.4) is 0 Å². The highest BCUT2D eigenvalue weighted by molar-refractivity contribution is 7.89. The molecule has 3 rings (SSSR count). The molecule has 22 heavy (non-hydrogen) atoms. The number of benzene rings is 1. The third-order valence-corrected chi connectivity index (χ3v) is 6.60. The number of hydrogen-bond acceptors (Lipinski definition) is 4. The molecule has 2 aliphatic rings. The quantitative estimate of drug-likeness (QED) is 0.883. The lowest BCUT2D eigenvalue weighted by atomic mass is 9.88. The molecule has 0 saturated carbocycles. The van der Waals surface area contributed by atoms with Crippen LogP contribution in [0.4, 0.5) is 0 Å². The number of aryl methyl sites for hydroxylation is 1. The van der Waals surface area contributed by atoms with Crippen molar-refractivity contribution in [3.8, 4) is 5.75 Å². The Bertz CT molecular complexity index is 630. The molecule has 1 fully saturated rings. The molecule has 1 saturated heterocycles. The maximum atomic E-state index is 11.8. The van der Waals surface area contributed by atoms with E-state index in [-0.39, 0.29) is 0 Å². The molecule has 1 aliphatic heterocycles. The van der Waals surface area contributed by atoms with Gasteiger partial charge in [0.05, 0.1) is 12.9 Å². The molecular weight excluding hydrogens is 300 g/mol. The van der Waals surface area contributed by atoms with Gasteiger partial charge in [0, 0.05) is 25.7 Å². The Morgan fingerprint density at radius 1 is 1.36 bits per heavy atom. The van der Waals surface area contributed by atoms with Gasteiger partial charge < -0.3 is 10.1 Å². The third kappa shape index (κ3) is 3.45. The van der Waals surface area contributed by atoms with E-state index in [2.05, 4.69) is 17.4 Å². The number of nitrogens with zero attached hydrogens (tertiary/aromatic N) is 1. The molecule has 0 amide bonds. The van der Waals surface area contributed by atoms with Gasteiger partial charge in [-0.15, -0.1) is 0 Å². The molecular formula is C16H24N2O3S. The topological polar surface area (TPSA) is 58.6 Å². The molecule has 0 bridgehead atoms. The molecule has 1 unspecified atom stereocenters. The third-order valence-electron chi connectivity index (χ3n) is 4.64. The van der Waals surface area contributed by atoms with Gasteiger partial charge in [0.15, 0.2) is 0 Å². The van der Waals surface area contributed by atoms with Gasteiger partial charge in [-0.05, 0) is 48.9 Å². The predicted octanol–water partition coefficient (Wildman–Crippen LogP) is 1.18. The zero-order valence-electron chi connectivity index (χ0n) is 13.0. The molecule has 1 aliphatic carbocycles. The number of fused-ring (bicyclic) bond motifs is 1. The van der Waals surface area contributed by atoms with Crippen molar-refractivity contribution in [3.63, 3.8) is 0 Å². The van der Waals surface area contributed by atoms with E-state index in [0.717, 1.165) is 38.0 Å². The molecule has 1 N–H and O–H groups in total. The zero-order chi connectivity index (χ0) is 15.6. The Balaban J connectivity index is 1.52. The van der Waals surface area contributed by atoms with Crippen molar-refractivity contribution >= 4 is 10.0 Å². The van der Waals surface area contributed by atoms with Crippen molar-refractivity contribution in [2.75, 3.05) is 32.5 Å². The highest BCUT2D eigenvalue weighted by Gasteiger charge is 2.27. The van der Waals surface area contributed by atoms with Crippen molar-refractivity contribution in [3.05, 3.63) is 29.3 Å². The molecule has 0 radical (unpaired) electrons. The first-order chi connectivity index (χ1) is 10.6. The summed E-state index contributed by atoms with van der Waals surface area (Å²) in [5, 5.41) is 3.52. The average Bonchev–Trinajstić information content (AvgIpc) is 2.85. The Morgan fingerprint density at radius 3 is 2.95 bits per heavy atom. The number of sulfonamides is 1. The van der Waals surface area contributed by atoms with Gasteiger partial charge in [0.1, 0.15) is 5.75 Å². The lowest BCUT2D eigenvalue weighted by molar-refractivity contribution is 0.394. The van der Waals surface area contributed by atoms with Gasteiger partial charge in [-0.3, -0.25) is 0 Å². The minimum atomic E-state index is -2.97. The fourth-order valence-electron chi connectivity index (χ4n) is 3.37. The van der Waals surface area contributed by atoms with Crippen molar-refractivity contribution in [2.24, 2.45) is 0 Å². The number of nitrogens with one attached hydrogen (secondary N) is 1. The first-order valence-corrected chi connectivity index (χ1v) is 9.56. The molecule has 0 spiro atoms. The molecule has 5 nitrogen and oxygen atoms in total. The smallest absolute Gasteiger partial charge is 0.214 e. The number of hydrogen-bond donors (Lipinski definition) is 1. The summed E-state index contributed by atoms with van der Waals surface area (Å²) in [5.74, 6) is 1.21. The first-order valence-electron chi connectivity index (χ1n) is 7.95. The van der Waals surface area contributed by atoms with Crippen molar-refractivity contribution in [1.29, 1.82) is 0 Å². The van der Waals surface area contributed by atoms with Crippen LogP contribution >= 0.6 is 0 Å². The fourth-order valence-corrected chi connectivity index (χ4v) is 4.90. The maximum Gasteiger partial charge on any atom is 0.214 e. The normalized spacial score (nSPS) is 24.1. The van der Waals surface area contributed by atoms with Crippen molar-refractivity contribution in [1.82, 2.24) is 9.62 Å². The standard InChI is InChI=1S/C16H24N2O3S/c1-21-16-6-4-13-3-5-15(11-14(13)12-16)17-7-9-18-8-2-10-22(18,19)20/h4,6,12,15,17H,2-3,5,7-11H2,1H3. The van der Waals surface area contributed by atoms with Crippen LogP contribution in [0.25, 0.3) is 0 Å². The van der Waals surface area contributed by atoms with Crippen LogP contribution < -0.4 is 10.1 Å². The summed E-state index contributed by atoms with van der Waals surface area (Å²) in [7, 11) is -1.28. The fraction of sp³-hybridized carbons (Fsp3) is 0.625. The highest BCUT2D eigenvalue weighted by Crippen LogP contribution is 2.25. The van der Waals surface area contributed by atoms with E-state index in [0.29, 0.717) is 24.9 Å². The van der Waals surface area contributed by atoms with E-state index in [4.69, 9.17) is 4.74 Å². The second-order valence-corrected chi connectivity index (χ2v) is 8.19. The molecule has 0 aromatic heterocycles. The predicted molar refractivity (Wildman–Crippen MR) is 86.8 cm³/mol. The van der Waals surface area contributed by atoms with E-state index >= 15 is 0 Å². The van der Waals surface area contributed by atoms with Crippen molar-refractivity contribution in [2.45, 2.75) is 31.7 Å². The van der Waals surface area contributed by atoms with E-state index in [1.807, 2.05) is 6.07 Å². The SMILES string of the molecule is COc1ccc2c(c1)CC(NCCN1CCCS1(=O)=O)CC2. The van der Waals surface area contributed by atoms with Gasteiger partial charge in [-0.1, -0.05) is 6.07 Å². The second-order valence-electron chi connectivity index (χ2n) is 6.10. The summed E-state index contributed by atoms with van der Waals surface area (Å²) in [4.78, 5) is 0. The van der Waals surface area contributed by atoms with Crippen LogP contribution in [0.2, 0.25) is 0 Å². The first kappa shape index (κ1) is 15.8. The molecule has 122 valence electrons. The van der Waals surface area contributed by atoms with Gasteiger partial charge in [-0.25, -0.2) is 12.7 Å². The van der Waals surface area contributed by atoms with E-state index in [9.17, 15) is 8.42 Å². The van der Waals surface area contributed by atoms with Crippen LogP contribution in [0.5, 0.6) is 5.75 Å². The minimum absolute atomic E-state index is 0.309. The van der Waals surface area contributed by atoms with Gasteiger partial charge in [0.2, 0.25) is 10.0 Å². The van der Waals surface area contributed by atoms with Gasteiger partial charge >= 0.3 is 0 Å². The molecule has 6 heteroatoms. The van der Waals surface area contributed by atoms with Crippen LogP contribution in [-0.4, -0.2) is 51.3 Å². The second kappa shape index (κ2) is 6.56. The van der Waals surface area contributed by atoms with E-state index in [1.165, 1.54) is 11.1 Å². The Labute approximate surface area is 132 Å². The van der Waals surface area contributed by atoms with E-state index in [1.54, 1.807) is 11.4 Å². The average molecular weight is 324 g/mol. The maximum absolute atomic E-state index is 11.8. The Hall–Kier alpha value is -1.11. The molecule has 1 atom stereocenters. The van der Waals surface area contributed by atoms with E-state index < -0.39 is 10.0 Å². The monoisotopic (exact) mass is 324 g/mol. The van der Waals surface area contributed by atoms with Crippen LogP contribution in [0.1, 0.15) is 24.0 Å². The van der Waals surface area contributed by atoms with Gasteiger partial charge in [-0.2, -0.15) is 0 Å². The summed E-state index contributed by atoms with van der Waals surface area (Å²) in [6.07, 6.45) is 3.92. The van der Waals surface area contributed by atoms with Crippen LogP contribution in [0, 0.1) is 0 Å². The Kier molecular flexibility index (Phi) is 4.70. The summed E-state index contributed by atoms with van der Waals surface area (Å²) in [6.45, 7) is 1.99. The molecule has 1 aromatic rings. The van der Waals surface area contributed by atoms with Crippen molar-refractivity contribution < 1.29 is 13.2 Å². The lowest BCUT2D eigenvalue weighted by Crippen LogP contribution is -2.40. The highest BCUT2D eigenvalue weighted by atomic mass is 32.2. The van der Waals surface area contributed by atoms with Crippen LogP contribution in [0.15, 0.2) is 18.2 Å². The number of methoxy groups -OCH3 is 1. The van der Waals surface area contributed by atoms with Crippen LogP contribution in [-0.2, 0) is 22.9 Å². The summed E-state index contributed by atoms with van der Waals surface area (Å²) in [5.41, 5.74) is 2.75. The lowest BCUT2D eigenvalue weighted by Gasteiger charge is -2.26. The number of rotatable bonds is 5. The largest absolute Gasteiger partial charge is 0.497 e. The molecule has 1 heterocycles. The van der Waals surface area contributed by atoms with Gasteiger partial charge in [0.25, 0.3) is 0 Å². The summed E-state index contributed by atoms with van der Waals surface area (Å²) >= 11 is 0. The minimum Gasteiger partial charge on any atom is -0.497 e. The zero-order valence-corrected chi connectivity index (χ0v) is 13.9. The Morgan fingerprint density at radius 2 is 2.23 bits per heavy atom.